The summed E-state index contributed by atoms with van der Waals surface area (Å²) >= 11 is 5.78. The minimum Gasteiger partial charge on any atom is -0.508 e. The minimum atomic E-state index is -0.585. The smallest absolute Gasteiger partial charge is 0.313 e. The molecule has 0 radical (unpaired) electrons. The van der Waals surface area contributed by atoms with Crippen LogP contribution in [0, 0.1) is 10.1 Å². The third-order valence-corrected chi connectivity index (χ3v) is 3.80. The van der Waals surface area contributed by atoms with Gasteiger partial charge in [-0.25, -0.2) is 0 Å². The van der Waals surface area contributed by atoms with Crippen molar-refractivity contribution in [3.8, 4) is 17.2 Å². The van der Waals surface area contributed by atoms with Crippen molar-refractivity contribution in [2.45, 2.75) is 0 Å². The van der Waals surface area contributed by atoms with E-state index in [-0.39, 0.29) is 28.1 Å². The van der Waals surface area contributed by atoms with Gasteiger partial charge in [0.15, 0.2) is 0 Å². The Morgan fingerprint density at radius 1 is 1.07 bits per heavy atom. The predicted octanol–water partition coefficient (Wildman–Crippen LogP) is 5.00. The Hall–Kier alpha value is -3.58. The SMILES string of the molecule is O=C(Nc1cccc(O)c1)c1ccc(Oc2ccc(Cl)cc2[N+](=O)[O-])cc1. The van der Waals surface area contributed by atoms with Crippen LogP contribution in [0.1, 0.15) is 10.4 Å². The van der Waals surface area contributed by atoms with Crippen molar-refractivity contribution < 1.29 is 19.6 Å². The first kappa shape index (κ1) is 18.2. The summed E-state index contributed by atoms with van der Waals surface area (Å²) in [6.07, 6.45) is 0. The van der Waals surface area contributed by atoms with Crippen LogP contribution in [0.5, 0.6) is 17.2 Å². The van der Waals surface area contributed by atoms with Crippen LogP contribution < -0.4 is 10.1 Å². The molecule has 3 aromatic carbocycles. The lowest BCUT2D eigenvalue weighted by Gasteiger charge is -2.08. The molecule has 0 saturated carbocycles. The zero-order chi connectivity index (χ0) is 19.4. The number of carbonyl (C=O) groups excluding carboxylic acids is 1. The van der Waals surface area contributed by atoms with E-state index in [4.69, 9.17) is 16.3 Å². The molecule has 0 unspecified atom stereocenters. The zero-order valence-corrected chi connectivity index (χ0v) is 14.5. The number of nitro benzene ring substituents is 1. The van der Waals surface area contributed by atoms with E-state index in [9.17, 15) is 20.0 Å². The summed E-state index contributed by atoms with van der Waals surface area (Å²) in [4.78, 5) is 22.8. The number of nitrogens with zero attached hydrogens (tertiary/aromatic N) is 1. The lowest BCUT2D eigenvalue weighted by atomic mass is 10.2. The van der Waals surface area contributed by atoms with Gasteiger partial charge in [-0.1, -0.05) is 17.7 Å². The Bertz CT molecular complexity index is 1010. The maximum Gasteiger partial charge on any atom is 0.313 e. The van der Waals surface area contributed by atoms with Gasteiger partial charge in [0, 0.05) is 28.4 Å². The average molecular weight is 385 g/mol. The molecular formula is C19H13ClN2O5. The van der Waals surface area contributed by atoms with Crippen LogP contribution in [0.15, 0.2) is 66.7 Å². The van der Waals surface area contributed by atoms with Gasteiger partial charge in [0.2, 0.25) is 5.75 Å². The maximum absolute atomic E-state index is 12.2. The van der Waals surface area contributed by atoms with Crippen LogP contribution in [0.3, 0.4) is 0 Å². The summed E-state index contributed by atoms with van der Waals surface area (Å²) in [5.41, 5.74) is 0.557. The molecule has 27 heavy (non-hydrogen) atoms. The molecule has 0 aliphatic rings. The minimum absolute atomic E-state index is 0.0427. The van der Waals surface area contributed by atoms with Crippen LogP contribution in [-0.2, 0) is 0 Å². The largest absolute Gasteiger partial charge is 0.508 e. The van der Waals surface area contributed by atoms with E-state index < -0.39 is 4.92 Å². The van der Waals surface area contributed by atoms with Crippen molar-refractivity contribution >= 4 is 28.9 Å². The van der Waals surface area contributed by atoms with Gasteiger partial charge in [-0.15, -0.1) is 0 Å². The van der Waals surface area contributed by atoms with Gasteiger partial charge < -0.3 is 15.2 Å². The molecule has 8 heteroatoms. The second kappa shape index (κ2) is 7.76. The third kappa shape index (κ3) is 4.53. The molecule has 0 saturated heterocycles. The van der Waals surface area contributed by atoms with E-state index in [1.54, 1.807) is 12.1 Å². The van der Waals surface area contributed by atoms with E-state index >= 15 is 0 Å². The predicted molar refractivity (Wildman–Crippen MR) is 101 cm³/mol. The highest BCUT2D eigenvalue weighted by Gasteiger charge is 2.16. The summed E-state index contributed by atoms with van der Waals surface area (Å²) in [6.45, 7) is 0. The summed E-state index contributed by atoms with van der Waals surface area (Å²) in [5.74, 6) is 0.0430. The van der Waals surface area contributed by atoms with Gasteiger partial charge in [-0.3, -0.25) is 14.9 Å². The number of hydrogen-bond acceptors (Lipinski definition) is 5. The van der Waals surface area contributed by atoms with Crippen molar-refractivity contribution in [2.75, 3.05) is 5.32 Å². The maximum atomic E-state index is 12.2. The van der Waals surface area contributed by atoms with E-state index in [1.165, 1.54) is 54.6 Å². The highest BCUT2D eigenvalue weighted by molar-refractivity contribution is 6.30. The van der Waals surface area contributed by atoms with E-state index in [0.29, 0.717) is 17.0 Å². The summed E-state index contributed by atoms with van der Waals surface area (Å²) in [7, 11) is 0. The first-order valence-corrected chi connectivity index (χ1v) is 8.12. The Morgan fingerprint density at radius 2 is 1.81 bits per heavy atom. The summed E-state index contributed by atoms with van der Waals surface area (Å²) < 4.78 is 5.53. The lowest BCUT2D eigenvalue weighted by Crippen LogP contribution is -2.11. The molecule has 0 heterocycles. The summed E-state index contributed by atoms with van der Waals surface area (Å²) in [6, 6.07) is 16.4. The molecule has 0 aromatic heterocycles. The quantitative estimate of drug-likeness (QED) is 0.476. The van der Waals surface area contributed by atoms with Crippen LogP contribution in [-0.4, -0.2) is 15.9 Å². The molecule has 0 spiro atoms. The molecule has 0 atom stereocenters. The number of rotatable bonds is 5. The fourth-order valence-corrected chi connectivity index (χ4v) is 2.47. The van der Waals surface area contributed by atoms with Crippen LogP contribution in [0.25, 0.3) is 0 Å². The van der Waals surface area contributed by atoms with Crippen molar-refractivity contribution in [3.63, 3.8) is 0 Å². The Balaban J connectivity index is 1.74. The van der Waals surface area contributed by atoms with Gasteiger partial charge in [0.1, 0.15) is 11.5 Å². The Labute approximate surface area is 158 Å². The van der Waals surface area contributed by atoms with Crippen molar-refractivity contribution in [2.24, 2.45) is 0 Å². The second-order valence-electron chi connectivity index (χ2n) is 5.50. The first-order valence-electron chi connectivity index (χ1n) is 7.74. The van der Waals surface area contributed by atoms with Crippen molar-refractivity contribution in [3.05, 3.63) is 87.4 Å². The number of ether oxygens (including phenoxy) is 1. The number of carbonyl (C=O) groups is 1. The molecule has 0 bridgehead atoms. The molecule has 3 aromatic rings. The molecular weight excluding hydrogens is 372 g/mol. The van der Waals surface area contributed by atoms with Crippen molar-refractivity contribution in [1.29, 1.82) is 0 Å². The van der Waals surface area contributed by atoms with Crippen LogP contribution >= 0.6 is 11.6 Å². The number of nitro groups is 1. The zero-order valence-electron chi connectivity index (χ0n) is 13.8. The molecule has 0 aliphatic carbocycles. The molecule has 1 amide bonds. The van der Waals surface area contributed by atoms with Gasteiger partial charge in [-0.2, -0.15) is 0 Å². The number of benzene rings is 3. The van der Waals surface area contributed by atoms with E-state index in [0.717, 1.165) is 0 Å². The Morgan fingerprint density at radius 3 is 2.48 bits per heavy atom. The highest BCUT2D eigenvalue weighted by atomic mass is 35.5. The van der Waals surface area contributed by atoms with Gasteiger partial charge in [-0.05, 0) is 48.5 Å². The van der Waals surface area contributed by atoms with Gasteiger partial charge >= 0.3 is 5.69 Å². The van der Waals surface area contributed by atoms with Gasteiger partial charge in [0.25, 0.3) is 5.91 Å². The highest BCUT2D eigenvalue weighted by Crippen LogP contribution is 2.33. The van der Waals surface area contributed by atoms with Crippen molar-refractivity contribution in [1.82, 2.24) is 0 Å². The second-order valence-corrected chi connectivity index (χ2v) is 5.94. The normalized spacial score (nSPS) is 10.3. The van der Waals surface area contributed by atoms with Crippen LogP contribution in [0.2, 0.25) is 5.02 Å². The van der Waals surface area contributed by atoms with E-state index in [2.05, 4.69) is 5.32 Å². The standard InChI is InChI=1S/C19H13ClN2O5/c20-13-6-9-18(17(10-13)22(25)26)27-16-7-4-12(5-8-16)19(24)21-14-2-1-3-15(23)11-14/h1-11,23H,(H,21,24). The number of phenolic OH excluding ortho intramolecular Hbond substituents is 1. The average Bonchev–Trinajstić information content (AvgIpc) is 2.63. The number of anilines is 1. The molecule has 3 rings (SSSR count). The number of amides is 1. The fourth-order valence-electron chi connectivity index (χ4n) is 2.31. The molecule has 2 N–H and O–H groups in total. The molecule has 136 valence electrons. The molecule has 7 nitrogen and oxygen atoms in total. The topological polar surface area (TPSA) is 102 Å². The fraction of sp³-hybridized carbons (Fsp3) is 0. The summed E-state index contributed by atoms with van der Waals surface area (Å²) in [5, 5.41) is 23.4. The number of aromatic hydroxyl groups is 1. The van der Waals surface area contributed by atoms with E-state index in [1.807, 2.05) is 0 Å². The van der Waals surface area contributed by atoms with Gasteiger partial charge in [0.05, 0.1) is 4.92 Å². The molecule has 0 aliphatic heterocycles. The first-order chi connectivity index (χ1) is 12.9. The van der Waals surface area contributed by atoms with Crippen LogP contribution in [0.4, 0.5) is 11.4 Å². The number of halogens is 1. The monoisotopic (exact) mass is 384 g/mol. The third-order valence-electron chi connectivity index (χ3n) is 3.57. The molecule has 0 fully saturated rings. The lowest BCUT2D eigenvalue weighted by molar-refractivity contribution is -0.385. The number of hydrogen-bond donors (Lipinski definition) is 2. The number of phenols is 1. The number of nitrogens with one attached hydrogen (secondary N) is 1. The Kier molecular flexibility index (Phi) is 5.23.